The van der Waals surface area contributed by atoms with Gasteiger partial charge in [-0.15, -0.1) is 11.3 Å². The Bertz CT molecular complexity index is 569. The van der Waals surface area contributed by atoms with Gasteiger partial charge in [0.05, 0.1) is 0 Å². The molecule has 0 radical (unpaired) electrons. The Kier molecular flexibility index (Phi) is 2.07. The summed E-state index contributed by atoms with van der Waals surface area (Å²) in [4.78, 5) is 12.2. The molecule has 0 N–H and O–H groups in total. The maximum absolute atomic E-state index is 10.9. The summed E-state index contributed by atoms with van der Waals surface area (Å²) in [6, 6.07) is 5.94. The lowest BCUT2D eigenvalue weighted by Gasteiger charge is -2.18. The van der Waals surface area contributed by atoms with E-state index < -0.39 is 0 Å². The summed E-state index contributed by atoms with van der Waals surface area (Å²) in [6.07, 6.45) is 0.900. The molecule has 0 bridgehead atoms. The van der Waals surface area contributed by atoms with Gasteiger partial charge in [-0.05, 0) is 36.1 Å². The van der Waals surface area contributed by atoms with E-state index in [1.807, 2.05) is 19.1 Å². The third-order valence-corrected chi connectivity index (χ3v) is 3.86. The van der Waals surface area contributed by atoms with E-state index in [1.54, 1.807) is 11.3 Å². The number of thiophene rings is 1. The van der Waals surface area contributed by atoms with Crippen molar-refractivity contribution in [1.29, 1.82) is 0 Å². The van der Waals surface area contributed by atoms with Gasteiger partial charge in [-0.3, -0.25) is 4.79 Å². The van der Waals surface area contributed by atoms with Gasteiger partial charge in [0, 0.05) is 21.6 Å². The van der Waals surface area contributed by atoms with Crippen molar-refractivity contribution < 1.29 is 9.53 Å². The van der Waals surface area contributed by atoms with Crippen LogP contribution in [0.1, 0.15) is 21.5 Å². The maximum Gasteiger partial charge on any atom is 0.150 e. The maximum atomic E-state index is 10.9. The van der Waals surface area contributed by atoms with Gasteiger partial charge in [0.2, 0.25) is 0 Å². The Balaban J connectivity index is 2.27. The van der Waals surface area contributed by atoms with Gasteiger partial charge < -0.3 is 4.74 Å². The zero-order valence-corrected chi connectivity index (χ0v) is 9.64. The number of rotatable bonds is 1. The summed E-state index contributed by atoms with van der Waals surface area (Å²) in [5.41, 5.74) is 3.96. The first-order chi connectivity index (χ1) is 7.79. The predicted octanol–water partition coefficient (Wildman–Crippen LogP) is 3.43. The van der Waals surface area contributed by atoms with Crippen LogP contribution in [-0.2, 0) is 6.61 Å². The normalized spacial score (nSPS) is 12.6. The number of aryl methyl sites for hydroxylation is 1. The molecular formula is C13H10O2S. The smallest absolute Gasteiger partial charge is 0.150 e. The SMILES string of the molecule is Cc1cc2c(cc1C=O)-c1sccc1CO2. The highest BCUT2D eigenvalue weighted by Crippen LogP contribution is 2.41. The van der Waals surface area contributed by atoms with Gasteiger partial charge in [-0.25, -0.2) is 0 Å². The molecule has 1 aromatic carbocycles. The van der Waals surface area contributed by atoms with E-state index in [9.17, 15) is 4.79 Å². The van der Waals surface area contributed by atoms with Gasteiger partial charge in [-0.1, -0.05) is 0 Å². The van der Waals surface area contributed by atoms with Crippen LogP contribution in [0.25, 0.3) is 10.4 Å². The van der Waals surface area contributed by atoms with Gasteiger partial charge >= 0.3 is 0 Å². The molecule has 0 saturated heterocycles. The highest BCUT2D eigenvalue weighted by molar-refractivity contribution is 7.13. The molecule has 0 saturated carbocycles. The predicted molar refractivity (Wildman–Crippen MR) is 64.2 cm³/mol. The number of hydrogen-bond donors (Lipinski definition) is 0. The summed E-state index contributed by atoms with van der Waals surface area (Å²) in [7, 11) is 0. The summed E-state index contributed by atoms with van der Waals surface area (Å²) < 4.78 is 5.68. The van der Waals surface area contributed by atoms with Crippen LogP contribution >= 0.6 is 11.3 Å². The van der Waals surface area contributed by atoms with Crippen LogP contribution in [0.5, 0.6) is 5.75 Å². The van der Waals surface area contributed by atoms with Crippen molar-refractivity contribution in [3.05, 3.63) is 40.3 Å². The second-order valence-electron chi connectivity index (χ2n) is 3.89. The summed E-state index contributed by atoms with van der Waals surface area (Å²) in [5.74, 6) is 0.887. The van der Waals surface area contributed by atoms with Crippen LogP contribution in [0, 0.1) is 6.92 Å². The molecule has 2 heterocycles. The van der Waals surface area contributed by atoms with E-state index >= 15 is 0 Å². The number of ether oxygens (including phenoxy) is 1. The molecule has 2 aromatic rings. The van der Waals surface area contributed by atoms with Crippen LogP contribution in [-0.4, -0.2) is 6.29 Å². The minimum Gasteiger partial charge on any atom is -0.488 e. The monoisotopic (exact) mass is 230 g/mol. The molecule has 80 valence electrons. The largest absolute Gasteiger partial charge is 0.488 e. The van der Waals surface area contributed by atoms with Crippen molar-refractivity contribution in [2.75, 3.05) is 0 Å². The molecule has 0 unspecified atom stereocenters. The first-order valence-corrected chi connectivity index (χ1v) is 5.97. The van der Waals surface area contributed by atoms with Crippen molar-refractivity contribution in [3.8, 4) is 16.2 Å². The van der Waals surface area contributed by atoms with Crippen molar-refractivity contribution in [2.45, 2.75) is 13.5 Å². The molecule has 1 aromatic heterocycles. The fourth-order valence-electron chi connectivity index (χ4n) is 1.96. The fraction of sp³-hybridized carbons (Fsp3) is 0.154. The lowest BCUT2D eigenvalue weighted by molar-refractivity contribution is 0.112. The lowest BCUT2D eigenvalue weighted by Crippen LogP contribution is -2.04. The number of fused-ring (bicyclic) bond motifs is 3. The number of carbonyl (C=O) groups is 1. The van der Waals surface area contributed by atoms with Crippen molar-refractivity contribution in [2.24, 2.45) is 0 Å². The van der Waals surface area contributed by atoms with Gasteiger partial charge in [0.1, 0.15) is 18.6 Å². The molecular weight excluding hydrogens is 220 g/mol. The second-order valence-corrected chi connectivity index (χ2v) is 4.80. The molecule has 0 amide bonds. The summed E-state index contributed by atoms with van der Waals surface area (Å²) in [5, 5.41) is 2.06. The van der Waals surface area contributed by atoms with Crippen LogP contribution in [0.15, 0.2) is 23.6 Å². The minimum absolute atomic E-state index is 0.631. The van der Waals surface area contributed by atoms with Crippen LogP contribution in [0.4, 0.5) is 0 Å². The molecule has 0 spiro atoms. The highest BCUT2D eigenvalue weighted by Gasteiger charge is 2.19. The number of hydrogen-bond acceptors (Lipinski definition) is 3. The molecule has 3 heteroatoms. The van der Waals surface area contributed by atoms with Crippen LogP contribution in [0.3, 0.4) is 0 Å². The number of aldehydes is 1. The van der Waals surface area contributed by atoms with E-state index in [-0.39, 0.29) is 0 Å². The molecule has 1 aliphatic rings. The molecule has 1 aliphatic heterocycles. The topological polar surface area (TPSA) is 26.3 Å². The van der Waals surface area contributed by atoms with E-state index in [1.165, 1.54) is 10.4 Å². The van der Waals surface area contributed by atoms with Gasteiger partial charge in [0.25, 0.3) is 0 Å². The Hall–Kier alpha value is -1.61. The Labute approximate surface area is 97.5 Å². The number of carbonyl (C=O) groups excluding carboxylic acids is 1. The first-order valence-electron chi connectivity index (χ1n) is 5.09. The van der Waals surface area contributed by atoms with Crippen molar-refractivity contribution in [1.82, 2.24) is 0 Å². The van der Waals surface area contributed by atoms with Gasteiger partial charge in [-0.2, -0.15) is 0 Å². The lowest BCUT2D eigenvalue weighted by atomic mass is 10.0. The Morgan fingerprint density at radius 1 is 1.44 bits per heavy atom. The Morgan fingerprint density at radius 2 is 2.31 bits per heavy atom. The molecule has 0 fully saturated rings. The average molecular weight is 230 g/mol. The molecule has 0 atom stereocenters. The van der Waals surface area contributed by atoms with E-state index in [2.05, 4.69) is 11.4 Å². The second kappa shape index (κ2) is 3.46. The first kappa shape index (κ1) is 9.60. The van der Waals surface area contributed by atoms with Crippen molar-refractivity contribution in [3.63, 3.8) is 0 Å². The van der Waals surface area contributed by atoms with Crippen LogP contribution in [0.2, 0.25) is 0 Å². The van der Waals surface area contributed by atoms with Crippen molar-refractivity contribution >= 4 is 17.6 Å². The molecule has 0 aliphatic carbocycles. The average Bonchev–Trinajstić information content (AvgIpc) is 2.76. The molecule has 3 rings (SSSR count). The van der Waals surface area contributed by atoms with E-state index in [0.29, 0.717) is 6.61 Å². The highest BCUT2D eigenvalue weighted by atomic mass is 32.1. The fourth-order valence-corrected chi connectivity index (χ4v) is 2.90. The van der Waals surface area contributed by atoms with E-state index in [0.717, 1.165) is 28.7 Å². The summed E-state index contributed by atoms with van der Waals surface area (Å²) >= 11 is 1.70. The van der Waals surface area contributed by atoms with E-state index in [4.69, 9.17) is 4.74 Å². The summed E-state index contributed by atoms with van der Waals surface area (Å²) in [6.45, 7) is 2.56. The van der Waals surface area contributed by atoms with Gasteiger partial charge in [0.15, 0.2) is 0 Å². The zero-order chi connectivity index (χ0) is 11.1. The zero-order valence-electron chi connectivity index (χ0n) is 8.82. The number of benzene rings is 1. The minimum atomic E-state index is 0.631. The van der Waals surface area contributed by atoms with Crippen LogP contribution < -0.4 is 4.74 Å². The standard InChI is InChI=1S/C13H10O2S/c1-8-4-12-11(5-10(8)6-14)13-9(7-15-12)2-3-16-13/h2-6H,7H2,1H3. The molecule has 2 nitrogen and oxygen atoms in total. The third-order valence-electron chi connectivity index (χ3n) is 2.87. The Morgan fingerprint density at radius 3 is 3.12 bits per heavy atom. The quantitative estimate of drug-likeness (QED) is 0.701. The molecule has 16 heavy (non-hydrogen) atoms. The third kappa shape index (κ3) is 1.28.